The first-order valence-electron chi connectivity index (χ1n) is 12.4. The molecule has 0 saturated carbocycles. The van der Waals surface area contributed by atoms with Crippen molar-refractivity contribution in [3.8, 4) is 11.1 Å². The van der Waals surface area contributed by atoms with Gasteiger partial charge in [0.05, 0.1) is 5.92 Å². The maximum Gasteiger partial charge on any atom is 0.407 e. The summed E-state index contributed by atoms with van der Waals surface area (Å²) in [4.78, 5) is 38.8. The average molecular weight is 479 g/mol. The van der Waals surface area contributed by atoms with E-state index in [1.165, 1.54) is 11.1 Å². The molecule has 35 heavy (non-hydrogen) atoms. The molecule has 0 aromatic heterocycles. The van der Waals surface area contributed by atoms with Gasteiger partial charge in [0.1, 0.15) is 6.61 Å². The van der Waals surface area contributed by atoms with E-state index in [9.17, 15) is 19.5 Å². The Kier molecular flexibility index (Phi) is 7.43. The molecule has 2 amide bonds. The number of piperidine rings is 1. The standard InChI is InChI=1S/C28H34N2O5/c1-17(2)25(15-26(31)30-13-12-19(27(32)33)14-18(30)3)29-28(34)35-16-24-22-10-6-4-8-20(22)21-9-5-7-11-23(21)24/h4-11,17-19,24-25H,12-16H2,1-3H3,(H,29,34)(H,32,33)/t18-,19-,25-/m1/s1. The average Bonchev–Trinajstić information content (AvgIpc) is 3.15. The largest absolute Gasteiger partial charge is 0.481 e. The third-order valence-corrected chi connectivity index (χ3v) is 7.39. The van der Waals surface area contributed by atoms with Gasteiger partial charge in [0.15, 0.2) is 0 Å². The van der Waals surface area contributed by atoms with Gasteiger partial charge >= 0.3 is 12.1 Å². The molecule has 2 N–H and O–H groups in total. The Morgan fingerprint density at radius 1 is 1.06 bits per heavy atom. The maximum absolute atomic E-state index is 13.0. The minimum Gasteiger partial charge on any atom is -0.481 e. The first kappa shape index (κ1) is 24.8. The summed E-state index contributed by atoms with van der Waals surface area (Å²) in [5.41, 5.74) is 4.64. The van der Waals surface area contributed by atoms with Gasteiger partial charge in [-0.15, -0.1) is 0 Å². The molecule has 3 atom stereocenters. The Morgan fingerprint density at radius 3 is 2.20 bits per heavy atom. The molecule has 2 aromatic rings. The number of aliphatic carboxylic acids is 1. The zero-order chi connectivity index (χ0) is 25.1. The van der Waals surface area contributed by atoms with E-state index in [-0.39, 0.29) is 42.9 Å². The number of hydrogen-bond donors (Lipinski definition) is 2. The monoisotopic (exact) mass is 478 g/mol. The van der Waals surface area contributed by atoms with E-state index in [1.54, 1.807) is 4.90 Å². The minimum atomic E-state index is -0.805. The van der Waals surface area contributed by atoms with E-state index in [4.69, 9.17) is 4.74 Å². The number of carboxylic acid groups (broad SMARTS) is 1. The Morgan fingerprint density at radius 2 is 1.66 bits per heavy atom. The number of nitrogens with zero attached hydrogens (tertiary/aromatic N) is 1. The number of amides is 2. The topological polar surface area (TPSA) is 95.9 Å². The number of fused-ring (bicyclic) bond motifs is 3. The number of nitrogens with one attached hydrogen (secondary N) is 1. The van der Waals surface area contributed by atoms with Crippen LogP contribution in [-0.2, 0) is 14.3 Å². The van der Waals surface area contributed by atoms with Gasteiger partial charge in [0, 0.05) is 31.0 Å². The summed E-state index contributed by atoms with van der Waals surface area (Å²) in [6.07, 6.45) is 0.533. The van der Waals surface area contributed by atoms with Crippen LogP contribution in [0.4, 0.5) is 4.79 Å². The lowest BCUT2D eigenvalue weighted by molar-refractivity contribution is -0.147. The molecule has 0 unspecified atom stereocenters. The van der Waals surface area contributed by atoms with Gasteiger partial charge in [-0.1, -0.05) is 62.4 Å². The summed E-state index contributed by atoms with van der Waals surface area (Å²) < 4.78 is 5.67. The minimum absolute atomic E-state index is 0.0244. The van der Waals surface area contributed by atoms with Crippen LogP contribution in [0.1, 0.15) is 57.1 Å². The van der Waals surface area contributed by atoms with Crippen LogP contribution in [0.2, 0.25) is 0 Å². The van der Waals surface area contributed by atoms with Gasteiger partial charge in [-0.25, -0.2) is 4.79 Å². The summed E-state index contributed by atoms with van der Waals surface area (Å²) in [6, 6.07) is 15.8. The molecule has 0 bridgehead atoms. The lowest BCUT2D eigenvalue weighted by Gasteiger charge is -2.37. The number of hydrogen-bond acceptors (Lipinski definition) is 4. The van der Waals surface area contributed by atoms with Crippen LogP contribution >= 0.6 is 0 Å². The van der Waals surface area contributed by atoms with Crippen molar-refractivity contribution in [3.05, 3.63) is 59.7 Å². The van der Waals surface area contributed by atoms with Crippen LogP contribution in [0.15, 0.2) is 48.5 Å². The number of benzene rings is 2. The Bertz CT molecular complexity index is 1050. The van der Waals surface area contributed by atoms with Crippen molar-refractivity contribution >= 4 is 18.0 Å². The number of alkyl carbamates (subject to hydrolysis) is 1. The van der Waals surface area contributed by atoms with Crippen molar-refractivity contribution in [2.24, 2.45) is 11.8 Å². The molecule has 2 aliphatic rings. The molecule has 1 fully saturated rings. The fourth-order valence-corrected chi connectivity index (χ4v) is 5.32. The Hall–Kier alpha value is -3.35. The molecule has 1 saturated heterocycles. The zero-order valence-corrected chi connectivity index (χ0v) is 20.6. The van der Waals surface area contributed by atoms with Crippen LogP contribution in [0, 0.1) is 11.8 Å². The number of ether oxygens (including phenoxy) is 1. The summed E-state index contributed by atoms with van der Waals surface area (Å²) in [7, 11) is 0. The summed E-state index contributed by atoms with van der Waals surface area (Å²) in [6.45, 7) is 6.45. The van der Waals surface area contributed by atoms with Crippen molar-refractivity contribution in [2.45, 2.75) is 58.0 Å². The predicted molar refractivity (Wildman–Crippen MR) is 133 cm³/mol. The fraction of sp³-hybridized carbons (Fsp3) is 0.464. The second-order valence-electron chi connectivity index (χ2n) is 10.0. The van der Waals surface area contributed by atoms with E-state index in [0.717, 1.165) is 11.1 Å². The number of likely N-dealkylation sites (tertiary alicyclic amines) is 1. The van der Waals surface area contributed by atoms with Crippen LogP contribution in [0.5, 0.6) is 0 Å². The fourth-order valence-electron chi connectivity index (χ4n) is 5.32. The second-order valence-corrected chi connectivity index (χ2v) is 10.0. The van der Waals surface area contributed by atoms with Crippen LogP contribution in [0.25, 0.3) is 11.1 Å². The van der Waals surface area contributed by atoms with E-state index in [0.29, 0.717) is 19.4 Å². The Balaban J connectivity index is 1.35. The third kappa shape index (κ3) is 5.34. The van der Waals surface area contributed by atoms with Crippen LogP contribution in [-0.4, -0.2) is 53.2 Å². The van der Waals surface area contributed by atoms with E-state index in [1.807, 2.05) is 45.0 Å². The van der Waals surface area contributed by atoms with Crippen molar-refractivity contribution in [3.63, 3.8) is 0 Å². The smallest absolute Gasteiger partial charge is 0.407 e. The SMILES string of the molecule is CC(C)[C@@H](CC(=O)N1CC[C@@H](C(=O)O)C[C@H]1C)NC(=O)OCC1c2ccccc2-c2ccccc21. The highest BCUT2D eigenvalue weighted by molar-refractivity contribution is 5.80. The number of carbonyl (C=O) groups excluding carboxylic acids is 2. The predicted octanol–water partition coefficient (Wildman–Crippen LogP) is 4.65. The quantitative estimate of drug-likeness (QED) is 0.604. The normalized spacial score (nSPS) is 20.2. The molecular formula is C28H34N2O5. The van der Waals surface area contributed by atoms with Crippen molar-refractivity contribution < 1.29 is 24.2 Å². The Labute approximate surface area is 206 Å². The van der Waals surface area contributed by atoms with Crippen LogP contribution in [0.3, 0.4) is 0 Å². The first-order valence-corrected chi connectivity index (χ1v) is 12.4. The third-order valence-electron chi connectivity index (χ3n) is 7.39. The van der Waals surface area contributed by atoms with Gasteiger partial charge in [0.2, 0.25) is 5.91 Å². The molecular weight excluding hydrogens is 444 g/mol. The summed E-state index contributed by atoms with van der Waals surface area (Å²) >= 11 is 0. The number of rotatable bonds is 7. The van der Waals surface area contributed by atoms with E-state index < -0.39 is 18.0 Å². The second kappa shape index (κ2) is 10.5. The van der Waals surface area contributed by atoms with Crippen molar-refractivity contribution in [1.82, 2.24) is 10.2 Å². The van der Waals surface area contributed by atoms with Crippen LogP contribution < -0.4 is 5.32 Å². The van der Waals surface area contributed by atoms with E-state index in [2.05, 4.69) is 29.6 Å². The molecule has 186 valence electrons. The van der Waals surface area contributed by atoms with Gasteiger partial charge in [0.25, 0.3) is 0 Å². The molecule has 0 spiro atoms. The highest BCUT2D eigenvalue weighted by Gasteiger charge is 2.34. The molecule has 7 heteroatoms. The molecule has 1 heterocycles. The highest BCUT2D eigenvalue weighted by Crippen LogP contribution is 2.44. The van der Waals surface area contributed by atoms with Gasteiger partial charge < -0.3 is 20.1 Å². The molecule has 1 aliphatic heterocycles. The highest BCUT2D eigenvalue weighted by atomic mass is 16.5. The summed E-state index contributed by atoms with van der Waals surface area (Å²) in [5, 5.41) is 12.2. The molecule has 1 aliphatic carbocycles. The zero-order valence-electron chi connectivity index (χ0n) is 20.6. The first-order chi connectivity index (χ1) is 16.8. The lowest BCUT2D eigenvalue weighted by atomic mass is 9.91. The molecule has 7 nitrogen and oxygen atoms in total. The van der Waals surface area contributed by atoms with Crippen molar-refractivity contribution in [2.75, 3.05) is 13.2 Å². The summed E-state index contributed by atoms with van der Waals surface area (Å²) in [5.74, 6) is -1.27. The lowest BCUT2D eigenvalue weighted by Crippen LogP contribution is -2.49. The van der Waals surface area contributed by atoms with Crippen molar-refractivity contribution in [1.29, 1.82) is 0 Å². The maximum atomic E-state index is 13.0. The van der Waals surface area contributed by atoms with E-state index >= 15 is 0 Å². The number of carbonyl (C=O) groups is 3. The molecule has 4 rings (SSSR count). The van der Waals surface area contributed by atoms with Gasteiger partial charge in [-0.05, 0) is 47.9 Å². The van der Waals surface area contributed by atoms with Gasteiger partial charge in [-0.2, -0.15) is 0 Å². The number of carboxylic acids is 1. The molecule has 0 radical (unpaired) electrons. The molecule has 2 aromatic carbocycles. The van der Waals surface area contributed by atoms with Gasteiger partial charge in [-0.3, -0.25) is 9.59 Å².